The van der Waals surface area contributed by atoms with Crippen LogP contribution in [0.25, 0.3) is 0 Å². The van der Waals surface area contributed by atoms with Crippen LogP contribution in [0.15, 0.2) is 0 Å². The van der Waals surface area contributed by atoms with Gasteiger partial charge in [0.25, 0.3) is 0 Å². The lowest BCUT2D eigenvalue weighted by Gasteiger charge is -2.32. The molecule has 2 saturated heterocycles. The van der Waals surface area contributed by atoms with Gasteiger partial charge in [0, 0.05) is 24.8 Å². The maximum atomic E-state index is 12.1. The largest absolute Gasteiger partial charge is 0.343 e. The number of nitrogens with zero attached hydrogens (tertiary/aromatic N) is 1. The van der Waals surface area contributed by atoms with Gasteiger partial charge in [-0.15, -0.1) is 0 Å². The van der Waals surface area contributed by atoms with Crippen LogP contribution in [-0.4, -0.2) is 48.5 Å². The van der Waals surface area contributed by atoms with Gasteiger partial charge in [0.2, 0.25) is 5.91 Å². The number of carbonyl (C=O) groups is 1. The Labute approximate surface area is 115 Å². The summed E-state index contributed by atoms with van der Waals surface area (Å²) in [7, 11) is 0. The van der Waals surface area contributed by atoms with Crippen LogP contribution in [0.4, 0.5) is 0 Å². The van der Waals surface area contributed by atoms with Gasteiger partial charge in [-0.25, -0.2) is 0 Å². The molecule has 0 bridgehead atoms. The van der Waals surface area contributed by atoms with Crippen molar-refractivity contribution in [2.75, 3.05) is 32.4 Å². The van der Waals surface area contributed by atoms with Crippen molar-refractivity contribution in [1.82, 2.24) is 10.2 Å². The fourth-order valence-electron chi connectivity index (χ4n) is 3.00. The van der Waals surface area contributed by atoms with Gasteiger partial charge < -0.3 is 10.2 Å². The second-order valence-electron chi connectivity index (χ2n) is 5.57. The zero-order chi connectivity index (χ0) is 12.8. The molecule has 4 heteroatoms. The fourth-order valence-corrected chi connectivity index (χ4v) is 3.68. The molecule has 18 heavy (non-hydrogen) atoms. The molecule has 0 aromatic carbocycles. The molecule has 0 aromatic rings. The highest BCUT2D eigenvalue weighted by molar-refractivity contribution is 7.99. The number of hydrogen-bond donors (Lipinski definition) is 1. The van der Waals surface area contributed by atoms with Crippen LogP contribution in [-0.2, 0) is 4.79 Å². The maximum absolute atomic E-state index is 12.1. The molecular formula is C14H26N2OS. The van der Waals surface area contributed by atoms with Crippen molar-refractivity contribution in [1.29, 1.82) is 0 Å². The molecule has 0 aromatic heterocycles. The molecule has 2 aliphatic heterocycles. The zero-order valence-electron chi connectivity index (χ0n) is 11.5. The first kappa shape index (κ1) is 14.2. The van der Waals surface area contributed by atoms with Crippen molar-refractivity contribution in [3.05, 3.63) is 0 Å². The summed E-state index contributed by atoms with van der Waals surface area (Å²) in [6.45, 7) is 4.23. The summed E-state index contributed by atoms with van der Waals surface area (Å²) < 4.78 is 0. The van der Waals surface area contributed by atoms with Crippen LogP contribution in [0, 0.1) is 5.92 Å². The number of piperidine rings is 2. The van der Waals surface area contributed by atoms with E-state index in [0.717, 1.165) is 50.2 Å². The van der Waals surface area contributed by atoms with Gasteiger partial charge in [-0.1, -0.05) is 0 Å². The number of carbonyl (C=O) groups excluding carboxylic acids is 1. The van der Waals surface area contributed by atoms with E-state index >= 15 is 0 Å². The van der Waals surface area contributed by atoms with E-state index < -0.39 is 0 Å². The lowest BCUT2D eigenvalue weighted by Crippen LogP contribution is -2.39. The number of hydrogen-bond acceptors (Lipinski definition) is 3. The molecule has 0 aliphatic carbocycles. The van der Waals surface area contributed by atoms with Crippen LogP contribution in [0.2, 0.25) is 0 Å². The number of nitrogens with one attached hydrogen (secondary N) is 1. The normalized spacial score (nSPS) is 26.3. The first-order valence-electron chi connectivity index (χ1n) is 7.31. The van der Waals surface area contributed by atoms with Crippen LogP contribution in [0.5, 0.6) is 0 Å². The SMILES string of the molecule is CSC1CCN(C(=O)CCC2CCCNC2)CC1. The summed E-state index contributed by atoms with van der Waals surface area (Å²) in [5, 5.41) is 4.20. The molecule has 2 aliphatic rings. The highest BCUT2D eigenvalue weighted by Crippen LogP contribution is 2.22. The molecular weight excluding hydrogens is 244 g/mol. The van der Waals surface area contributed by atoms with E-state index in [2.05, 4.69) is 16.5 Å². The summed E-state index contributed by atoms with van der Waals surface area (Å²) in [5.74, 6) is 1.12. The Balaban J connectivity index is 1.65. The molecule has 0 radical (unpaired) electrons. The minimum Gasteiger partial charge on any atom is -0.343 e. The third kappa shape index (κ3) is 4.16. The van der Waals surface area contributed by atoms with Crippen LogP contribution >= 0.6 is 11.8 Å². The van der Waals surface area contributed by atoms with Crippen LogP contribution < -0.4 is 5.32 Å². The topological polar surface area (TPSA) is 32.3 Å². The monoisotopic (exact) mass is 270 g/mol. The van der Waals surface area contributed by atoms with Crippen molar-refractivity contribution in [2.45, 2.75) is 43.8 Å². The van der Waals surface area contributed by atoms with Crippen molar-refractivity contribution < 1.29 is 4.79 Å². The number of thioether (sulfide) groups is 1. The Kier molecular flexibility index (Phi) is 5.83. The molecule has 3 nitrogen and oxygen atoms in total. The van der Waals surface area contributed by atoms with E-state index in [1.54, 1.807) is 0 Å². The smallest absolute Gasteiger partial charge is 0.222 e. The van der Waals surface area contributed by atoms with Gasteiger partial charge >= 0.3 is 0 Å². The first-order valence-corrected chi connectivity index (χ1v) is 8.59. The zero-order valence-corrected chi connectivity index (χ0v) is 12.3. The quantitative estimate of drug-likeness (QED) is 0.849. The lowest BCUT2D eigenvalue weighted by atomic mass is 9.94. The Morgan fingerprint density at radius 3 is 2.72 bits per heavy atom. The Morgan fingerprint density at radius 1 is 1.33 bits per heavy atom. The number of amides is 1. The number of likely N-dealkylation sites (tertiary alicyclic amines) is 1. The fraction of sp³-hybridized carbons (Fsp3) is 0.929. The van der Waals surface area contributed by atoms with Crippen molar-refractivity contribution >= 4 is 17.7 Å². The van der Waals surface area contributed by atoms with E-state index in [1.807, 2.05) is 11.8 Å². The summed E-state index contributed by atoms with van der Waals surface area (Å²) in [6, 6.07) is 0. The Hall–Kier alpha value is -0.220. The molecule has 1 N–H and O–H groups in total. The third-order valence-electron chi connectivity index (χ3n) is 4.29. The first-order chi connectivity index (χ1) is 8.79. The molecule has 0 saturated carbocycles. The standard InChI is InChI=1S/C14H26N2OS/c1-18-13-6-9-16(10-7-13)14(17)5-4-12-3-2-8-15-11-12/h12-13,15H,2-11H2,1H3. The highest BCUT2D eigenvalue weighted by atomic mass is 32.2. The Bertz CT molecular complexity index is 259. The molecule has 1 atom stereocenters. The summed E-state index contributed by atoms with van der Waals surface area (Å²) >= 11 is 1.95. The maximum Gasteiger partial charge on any atom is 0.222 e. The van der Waals surface area contributed by atoms with Crippen molar-refractivity contribution in [2.24, 2.45) is 5.92 Å². The predicted octanol–water partition coefficient (Wildman–Crippen LogP) is 2.12. The average Bonchev–Trinajstić information content (AvgIpc) is 2.46. The van der Waals surface area contributed by atoms with Gasteiger partial charge in [-0.3, -0.25) is 4.79 Å². The van der Waals surface area contributed by atoms with Gasteiger partial charge in [-0.2, -0.15) is 11.8 Å². The van der Waals surface area contributed by atoms with E-state index in [9.17, 15) is 4.79 Å². The van der Waals surface area contributed by atoms with E-state index in [-0.39, 0.29) is 0 Å². The third-order valence-corrected chi connectivity index (χ3v) is 5.43. The molecule has 2 fully saturated rings. The summed E-state index contributed by atoms with van der Waals surface area (Å²) in [4.78, 5) is 14.2. The summed E-state index contributed by atoms with van der Waals surface area (Å²) in [5.41, 5.74) is 0. The van der Waals surface area contributed by atoms with E-state index in [4.69, 9.17) is 0 Å². The predicted molar refractivity (Wildman–Crippen MR) is 77.9 cm³/mol. The van der Waals surface area contributed by atoms with Gasteiger partial charge in [-0.05, 0) is 57.4 Å². The van der Waals surface area contributed by atoms with Crippen LogP contribution in [0.3, 0.4) is 0 Å². The van der Waals surface area contributed by atoms with E-state index in [1.165, 1.54) is 25.7 Å². The van der Waals surface area contributed by atoms with E-state index in [0.29, 0.717) is 5.91 Å². The second kappa shape index (κ2) is 7.39. The van der Waals surface area contributed by atoms with Crippen molar-refractivity contribution in [3.63, 3.8) is 0 Å². The molecule has 1 unspecified atom stereocenters. The number of rotatable bonds is 4. The van der Waals surface area contributed by atoms with Gasteiger partial charge in [0.15, 0.2) is 0 Å². The van der Waals surface area contributed by atoms with Crippen molar-refractivity contribution in [3.8, 4) is 0 Å². The minimum atomic E-state index is 0.389. The van der Waals surface area contributed by atoms with Gasteiger partial charge in [0.05, 0.1) is 0 Å². The average molecular weight is 270 g/mol. The lowest BCUT2D eigenvalue weighted by molar-refractivity contribution is -0.132. The molecule has 2 rings (SSSR count). The highest BCUT2D eigenvalue weighted by Gasteiger charge is 2.23. The summed E-state index contributed by atoms with van der Waals surface area (Å²) in [6.07, 6.45) is 8.95. The minimum absolute atomic E-state index is 0.389. The van der Waals surface area contributed by atoms with Crippen LogP contribution in [0.1, 0.15) is 38.5 Å². The molecule has 1 amide bonds. The molecule has 104 valence electrons. The molecule has 0 spiro atoms. The van der Waals surface area contributed by atoms with Gasteiger partial charge in [0.1, 0.15) is 0 Å². The Morgan fingerprint density at radius 2 is 2.11 bits per heavy atom. The molecule has 2 heterocycles. The second-order valence-corrected chi connectivity index (χ2v) is 6.70.